The summed E-state index contributed by atoms with van der Waals surface area (Å²) in [5.41, 5.74) is 4.18. The second kappa shape index (κ2) is 4.22. The van der Waals surface area contributed by atoms with Crippen molar-refractivity contribution < 1.29 is 22.3 Å². The molecule has 1 aromatic rings. The number of nitrogen functional groups attached to an aromatic ring is 1. The zero-order chi connectivity index (χ0) is 12.3. The molecule has 4 nitrogen and oxygen atoms in total. The van der Waals surface area contributed by atoms with Crippen LogP contribution in [0.2, 0.25) is 0 Å². The number of ether oxygens (including phenoxy) is 1. The van der Waals surface area contributed by atoms with Crippen LogP contribution in [0.1, 0.15) is 5.56 Å². The normalized spacial score (nSPS) is 10.9. The predicted molar refractivity (Wildman–Crippen MR) is 44.6 cm³/mol. The summed E-state index contributed by atoms with van der Waals surface area (Å²) in [7, 11) is 0. The average Bonchev–Trinajstić information content (AvgIpc) is 2.15. The van der Waals surface area contributed by atoms with E-state index in [0.29, 0.717) is 6.20 Å². The van der Waals surface area contributed by atoms with Crippen molar-refractivity contribution in [1.82, 2.24) is 4.98 Å². The molecular weight excluding hydrogens is 230 g/mol. The maximum absolute atomic E-state index is 12.9. The monoisotopic (exact) mass is 235 g/mol. The van der Waals surface area contributed by atoms with E-state index < -0.39 is 35.7 Å². The fourth-order valence-corrected chi connectivity index (χ4v) is 0.970. The molecule has 1 aromatic heterocycles. The average molecular weight is 235 g/mol. The van der Waals surface area contributed by atoms with Crippen molar-refractivity contribution in [1.29, 1.82) is 5.26 Å². The van der Waals surface area contributed by atoms with Crippen molar-refractivity contribution in [2.75, 3.05) is 5.73 Å². The van der Waals surface area contributed by atoms with E-state index in [4.69, 9.17) is 11.0 Å². The third-order valence-electron chi connectivity index (χ3n) is 1.60. The van der Waals surface area contributed by atoms with Crippen LogP contribution in [0.25, 0.3) is 0 Å². The molecule has 0 aliphatic rings. The van der Waals surface area contributed by atoms with E-state index in [1.165, 1.54) is 0 Å². The lowest BCUT2D eigenvalue weighted by Gasteiger charge is -2.12. The minimum Gasteiger partial charge on any atom is -0.396 e. The molecule has 0 aliphatic carbocycles. The molecule has 0 aliphatic heterocycles. The number of anilines is 1. The minimum absolute atomic E-state index is 0.417. The van der Waals surface area contributed by atoms with Gasteiger partial charge in [0.25, 0.3) is 0 Å². The number of hydrogen-bond acceptors (Lipinski definition) is 4. The number of hydrogen-bond donors (Lipinski definition) is 1. The molecule has 0 atom stereocenters. The van der Waals surface area contributed by atoms with Crippen LogP contribution < -0.4 is 10.5 Å². The SMILES string of the molecule is N#CCc1c(OC(F)(F)F)ncc(F)c1N. The standard InChI is InChI=1S/C8H5F4N3O/c9-5-3-15-7(16-8(10,11)12)4(1-2-13)6(5)14/h3H,1H2,(H2,14,15). The Kier molecular flexibility index (Phi) is 3.17. The lowest BCUT2D eigenvalue weighted by molar-refractivity contribution is -0.276. The lowest BCUT2D eigenvalue weighted by Crippen LogP contribution is -2.19. The predicted octanol–water partition coefficient (Wildman–Crippen LogP) is 1.77. The Morgan fingerprint density at radius 2 is 2.12 bits per heavy atom. The molecule has 0 saturated carbocycles. The van der Waals surface area contributed by atoms with Crippen molar-refractivity contribution in [3.63, 3.8) is 0 Å². The summed E-state index contributed by atoms with van der Waals surface area (Å²) >= 11 is 0. The van der Waals surface area contributed by atoms with E-state index in [9.17, 15) is 17.6 Å². The van der Waals surface area contributed by atoms with Gasteiger partial charge < -0.3 is 10.5 Å². The van der Waals surface area contributed by atoms with Crippen molar-refractivity contribution >= 4 is 5.69 Å². The quantitative estimate of drug-likeness (QED) is 0.793. The Morgan fingerprint density at radius 3 is 2.62 bits per heavy atom. The Hall–Kier alpha value is -2.04. The number of nitriles is 1. The molecule has 0 bridgehead atoms. The van der Waals surface area contributed by atoms with Crippen LogP contribution in [-0.2, 0) is 6.42 Å². The number of halogens is 4. The van der Waals surface area contributed by atoms with Crippen LogP contribution in [0.4, 0.5) is 23.2 Å². The van der Waals surface area contributed by atoms with Gasteiger partial charge in [-0.15, -0.1) is 13.2 Å². The molecule has 0 fully saturated rings. The van der Waals surface area contributed by atoms with Crippen molar-refractivity contribution in [3.05, 3.63) is 17.6 Å². The fraction of sp³-hybridized carbons (Fsp3) is 0.250. The molecular formula is C8H5F4N3O. The molecule has 0 spiro atoms. The van der Waals surface area contributed by atoms with Gasteiger partial charge in [0.05, 0.1) is 29.9 Å². The van der Waals surface area contributed by atoms with Gasteiger partial charge in [0.2, 0.25) is 5.88 Å². The van der Waals surface area contributed by atoms with Crippen molar-refractivity contribution in [2.24, 2.45) is 0 Å². The first-order chi connectivity index (χ1) is 7.35. The van der Waals surface area contributed by atoms with E-state index in [1.807, 2.05) is 0 Å². The maximum Gasteiger partial charge on any atom is 0.574 e. The lowest BCUT2D eigenvalue weighted by atomic mass is 10.1. The molecule has 2 N–H and O–H groups in total. The van der Waals surface area contributed by atoms with E-state index >= 15 is 0 Å². The second-order valence-corrected chi connectivity index (χ2v) is 2.69. The molecule has 86 valence electrons. The zero-order valence-corrected chi connectivity index (χ0v) is 7.68. The Morgan fingerprint density at radius 1 is 1.50 bits per heavy atom. The molecule has 8 heteroatoms. The van der Waals surface area contributed by atoms with E-state index in [-0.39, 0.29) is 0 Å². The van der Waals surface area contributed by atoms with Crippen LogP contribution in [0.3, 0.4) is 0 Å². The number of rotatable bonds is 2. The topological polar surface area (TPSA) is 71.9 Å². The molecule has 0 aromatic carbocycles. The van der Waals surface area contributed by atoms with Gasteiger partial charge in [0.15, 0.2) is 5.82 Å². The van der Waals surface area contributed by atoms with E-state index in [1.54, 1.807) is 6.07 Å². The van der Waals surface area contributed by atoms with Crippen LogP contribution >= 0.6 is 0 Å². The van der Waals surface area contributed by atoms with Gasteiger partial charge >= 0.3 is 6.36 Å². The van der Waals surface area contributed by atoms with Gasteiger partial charge in [-0.25, -0.2) is 9.37 Å². The number of pyridine rings is 1. The summed E-state index contributed by atoms with van der Waals surface area (Å²) in [6, 6.07) is 1.54. The van der Waals surface area contributed by atoms with Gasteiger partial charge in [0.1, 0.15) is 0 Å². The smallest absolute Gasteiger partial charge is 0.396 e. The van der Waals surface area contributed by atoms with Crippen LogP contribution in [0.5, 0.6) is 5.88 Å². The third kappa shape index (κ3) is 2.73. The third-order valence-corrected chi connectivity index (χ3v) is 1.60. The van der Waals surface area contributed by atoms with Crippen LogP contribution in [-0.4, -0.2) is 11.3 Å². The number of nitrogens with two attached hydrogens (primary N) is 1. The highest BCUT2D eigenvalue weighted by Crippen LogP contribution is 2.29. The number of aromatic nitrogens is 1. The summed E-state index contributed by atoms with van der Waals surface area (Å²) in [6.07, 6.45) is -5.00. The van der Waals surface area contributed by atoms with Crippen molar-refractivity contribution in [3.8, 4) is 11.9 Å². The summed E-state index contributed by atoms with van der Waals surface area (Å²) < 4.78 is 52.1. The van der Waals surface area contributed by atoms with Crippen LogP contribution in [0, 0.1) is 17.1 Å². The van der Waals surface area contributed by atoms with E-state index in [2.05, 4.69) is 9.72 Å². The van der Waals surface area contributed by atoms with Crippen molar-refractivity contribution in [2.45, 2.75) is 12.8 Å². The molecule has 16 heavy (non-hydrogen) atoms. The Bertz CT molecular complexity index is 438. The van der Waals surface area contributed by atoms with E-state index in [0.717, 1.165) is 0 Å². The summed E-state index contributed by atoms with van der Waals surface area (Å²) in [4.78, 5) is 3.09. The summed E-state index contributed by atoms with van der Waals surface area (Å²) in [5, 5.41) is 8.37. The fourth-order valence-electron chi connectivity index (χ4n) is 0.970. The van der Waals surface area contributed by atoms with Gasteiger partial charge in [-0.05, 0) is 0 Å². The maximum atomic E-state index is 12.9. The molecule has 1 heterocycles. The highest BCUT2D eigenvalue weighted by Gasteiger charge is 2.33. The van der Waals surface area contributed by atoms with Gasteiger partial charge in [-0.2, -0.15) is 5.26 Å². The number of nitrogens with zero attached hydrogens (tertiary/aromatic N) is 2. The Balaban J connectivity index is 3.19. The molecule has 1 rings (SSSR count). The van der Waals surface area contributed by atoms with Gasteiger partial charge in [0, 0.05) is 0 Å². The Labute approximate surface area is 87.3 Å². The minimum atomic E-state index is -4.97. The molecule has 0 saturated heterocycles. The molecule has 0 amide bonds. The summed E-state index contributed by atoms with van der Waals surface area (Å²) in [5.74, 6) is -1.91. The first-order valence-electron chi connectivity index (χ1n) is 3.90. The largest absolute Gasteiger partial charge is 0.574 e. The van der Waals surface area contributed by atoms with Gasteiger partial charge in [-0.1, -0.05) is 0 Å². The highest BCUT2D eigenvalue weighted by atomic mass is 19.4. The first-order valence-corrected chi connectivity index (χ1v) is 3.90. The zero-order valence-electron chi connectivity index (χ0n) is 7.68. The molecule has 0 radical (unpaired) electrons. The van der Waals surface area contributed by atoms with Crippen LogP contribution in [0.15, 0.2) is 6.20 Å². The number of alkyl halides is 3. The second-order valence-electron chi connectivity index (χ2n) is 2.69. The summed E-state index contributed by atoms with van der Waals surface area (Å²) in [6.45, 7) is 0. The highest BCUT2D eigenvalue weighted by molar-refractivity contribution is 5.53. The molecule has 0 unspecified atom stereocenters. The first kappa shape index (κ1) is 12.0. The van der Waals surface area contributed by atoms with Gasteiger partial charge in [-0.3, -0.25) is 0 Å².